The highest BCUT2D eigenvalue weighted by Crippen LogP contribution is 2.35. The molecule has 0 aliphatic carbocycles. The van der Waals surface area contributed by atoms with E-state index in [1.807, 2.05) is 0 Å². The number of nitrogens with zero attached hydrogens (tertiary/aromatic N) is 2. The quantitative estimate of drug-likeness (QED) is 0.756. The van der Waals surface area contributed by atoms with Crippen molar-refractivity contribution in [2.75, 3.05) is 19.6 Å². The molecule has 2 fully saturated rings. The monoisotopic (exact) mass is 430 g/mol. The number of carbonyl (C=O) groups excluding carboxylic acids is 1. The van der Waals surface area contributed by atoms with Crippen LogP contribution in [0.2, 0.25) is 0 Å². The van der Waals surface area contributed by atoms with E-state index in [2.05, 4.69) is 10.0 Å². The van der Waals surface area contributed by atoms with Gasteiger partial charge in [-0.25, -0.2) is 13.1 Å². The van der Waals surface area contributed by atoms with Crippen molar-refractivity contribution in [3.8, 4) is 6.07 Å². The summed E-state index contributed by atoms with van der Waals surface area (Å²) in [6, 6.07) is 3.17. The molecule has 1 atom stereocenters. The summed E-state index contributed by atoms with van der Waals surface area (Å²) >= 11 is 0. The Morgan fingerprint density at radius 1 is 1.24 bits per heavy atom. The number of nitrogens with one attached hydrogen (secondary N) is 2. The zero-order chi connectivity index (χ0) is 21.2. The van der Waals surface area contributed by atoms with Crippen LogP contribution in [0.1, 0.15) is 36.8 Å². The van der Waals surface area contributed by atoms with E-state index in [1.165, 1.54) is 0 Å². The minimum atomic E-state index is -4.92. The molecular weight excluding hydrogens is 409 g/mol. The molecule has 2 aliphatic heterocycles. The highest BCUT2D eigenvalue weighted by Gasteiger charge is 2.38. The summed E-state index contributed by atoms with van der Waals surface area (Å²) < 4.78 is 67.5. The summed E-state index contributed by atoms with van der Waals surface area (Å²) in [5.74, 6) is -0.0183. The molecule has 0 spiro atoms. The molecule has 11 heteroatoms. The van der Waals surface area contributed by atoms with Crippen molar-refractivity contribution in [3.05, 3.63) is 29.3 Å². The van der Waals surface area contributed by atoms with Crippen molar-refractivity contribution >= 4 is 15.9 Å². The van der Waals surface area contributed by atoms with Crippen LogP contribution in [0, 0.1) is 11.3 Å². The highest BCUT2D eigenvalue weighted by atomic mass is 32.2. The molecule has 1 aromatic carbocycles. The van der Waals surface area contributed by atoms with Gasteiger partial charge in [-0.1, -0.05) is 0 Å². The van der Waals surface area contributed by atoms with Gasteiger partial charge in [0.05, 0.1) is 28.1 Å². The number of amides is 1. The summed E-state index contributed by atoms with van der Waals surface area (Å²) in [5, 5.41) is 11.9. The Kier molecular flexibility index (Phi) is 6.16. The van der Waals surface area contributed by atoms with Crippen LogP contribution >= 0.6 is 0 Å². The first kappa shape index (κ1) is 21.5. The number of hydrogen-bond donors (Lipinski definition) is 2. The molecule has 0 radical (unpaired) electrons. The molecule has 7 nitrogen and oxygen atoms in total. The number of halogens is 3. The normalized spacial score (nSPS) is 21.2. The van der Waals surface area contributed by atoms with E-state index in [4.69, 9.17) is 5.26 Å². The van der Waals surface area contributed by atoms with Gasteiger partial charge in [0.15, 0.2) is 0 Å². The third-order valence-corrected chi connectivity index (χ3v) is 6.77. The van der Waals surface area contributed by atoms with E-state index in [0.717, 1.165) is 31.5 Å². The predicted octanol–water partition coefficient (Wildman–Crippen LogP) is 1.60. The van der Waals surface area contributed by atoms with Crippen LogP contribution in [0.25, 0.3) is 0 Å². The van der Waals surface area contributed by atoms with E-state index in [9.17, 15) is 26.4 Å². The fourth-order valence-electron chi connectivity index (χ4n) is 3.67. The number of hydrogen-bond acceptors (Lipinski definition) is 5. The number of piperidine rings is 1. The maximum Gasteiger partial charge on any atom is 0.417 e. The van der Waals surface area contributed by atoms with Crippen molar-refractivity contribution in [2.45, 2.75) is 48.8 Å². The van der Waals surface area contributed by atoms with Crippen LogP contribution in [-0.4, -0.2) is 50.9 Å². The second kappa shape index (κ2) is 8.30. The maximum absolute atomic E-state index is 13.3. The molecular formula is C18H21F3N4O3S. The molecule has 0 saturated carbocycles. The summed E-state index contributed by atoms with van der Waals surface area (Å²) in [4.78, 5) is 13.2. The smallest absolute Gasteiger partial charge is 0.341 e. The van der Waals surface area contributed by atoms with Crippen LogP contribution in [0.3, 0.4) is 0 Å². The van der Waals surface area contributed by atoms with E-state index in [-0.39, 0.29) is 17.5 Å². The Bertz CT molecular complexity index is 913. The van der Waals surface area contributed by atoms with Gasteiger partial charge in [0.2, 0.25) is 15.9 Å². The number of sulfonamides is 1. The fraction of sp³-hybridized carbons (Fsp3) is 0.556. The van der Waals surface area contributed by atoms with Crippen molar-refractivity contribution in [3.63, 3.8) is 0 Å². The SMILES string of the molecule is N#Cc1ccc(S(=O)(=O)NC2CCN(C(=O)[C@H]3CCCN3)CC2)c(C(F)(F)F)c1. The van der Waals surface area contributed by atoms with Gasteiger partial charge >= 0.3 is 6.18 Å². The Morgan fingerprint density at radius 3 is 2.48 bits per heavy atom. The van der Waals surface area contributed by atoms with Crippen molar-refractivity contribution in [1.82, 2.24) is 14.9 Å². The summed E-state index contributed by atoms with van der Waals surface area (Å²) in [7, 11) is -4.45. The Labute approximate surface area is 166 Å². The molecule has 2 heterocycles. The summed E-state index contributed by atoms with van der Waals surface area (Å²) in [5.41, 5.74) is -1.65. The molecule has 3 rings (SSSR count). The minimum absolute atomic E-state index is 0.0183. The molecule has 158 valence electrons. The summed E-state index contributed by atoms with van der Waals surface area (Å²) in [6.45, 7) is 1.46. The molecule has 0 aromatic heterocycles. The third-order valence-electron chi connectivity index (χ3n) is 5.19. The zero-order valence-corrected chi connectivity index (χ0v) is 16.3. The van der Waals surface area contributed by atoms with Gasteiger partial charge in [-0.15, -0.1) is 0 Å². The third kappa shape index (κ3) is 4.88. The number of benzene rings is 1. The van der Waals surface area contributed by atoms with Gasteiger partial charge in [0.1, 0.15) is 0 Å². The van der Waals surface area contributed by atoms with Crippen LogP contribution < -0.4 is 10.0 Å². The largest absolute Gasteiger partial charge is 0.417 e. The predicted molar refractivity (Wildman–Crippen MR) is 97.1 cm³/mol. The average molecular weight is 430 g/mol. The van der Waals surface area contributed by atoms with E-state index in [0.29, 0.717) is 32.0 Å². The Morgan fingerprint density at radius 2 is 1.93 bits per heavy atom. The molecule has 0 bridgehead atoms. The van der Waals surface area contributed by atoms with Gasteiger partial charge in [-0.2, -0.15) is 18.4 Å². The first-order valence-corrected chi connectivity index (χ1v) is 10.8. The second-order valence-corrected chi connectivity index (χ2v) is 8.87. The Balaban J connectivity index is 1.69. The standard InChI is InChI=1S/C18H21F3N4O3S/c19-18(20,21)14-10-12(11-22)3-4-16(14)29(27,28)24-13-5-8-25(9-6-13)17(26)15-2-1-7-23-15/h3-4,10,13,15,23-24H,1-2,5-9H2/t15-/m1/s1. The lowest BCUT2D eigenvalue weighted by Crippen LogP contribution is -2.50. The average Bonchev–Trinajstić information content (AvgIpc) is 3.21. The molecule has 1 amide bonds. The number of nitriles is 1. The number of rotatable bonds is 4. The number of likely N-dealkylation sites (tertiary alicyclic amines) is 1. The van der Waals surface area contributed by atoms with Crippen molar-refractivity contribution in [2.24, 2.45) is 0 Å². The Hall–Kier alpha value is -2.16. The molecule has 29 heavy (non-hydrogen) atoms. The molecule has 2 aliphatic rings. The van der Waals surface area contributed by atoms with E-state index < -0.39 is 32.7 Å². The van der Waals surface area contributed by atoms with Crippen LogP contribution in [0.5, 0.6) is 0 Å². The lowest BCUT2D eigenvalue weighted by molar-refractivity contribution is -0.140. The number of carbonyl (C=O) groups is 1. The van der Waals surface area contributed by atoms with Crippen molar-refractivity contribution < 1.29 is 26.4 Å². The van der Waals surface area contributed by atoms with Crippen molar-refractivity contribution in [1.29, 1.82) is 5.26 Å². The van der Waals surface area contributed by atoms with Crippen LogP contribution in [0.4, 0.5) is 13.2 Å². The van der Waals surface area contributed by atoms with Gasteiger partial charge in [-0.3, -0.25) is 4.79 Å². The lowest BCUT2D eigenvalue weighted by atomic mass is 10.0. The molecule has 0 unspecified atom stereocenters. The first-order valence-electron chi connectivity index (χ1n) is 9.27. The topological polar surface area (TPSA) is 102 Å². The fourth-order valence-corrected chi connectivity index (χ4v) is 5.18. The van der Waals surface area contributed by atoms with Crippen LogP contribution in [0.15, 0.2) is 23.1 Å². The second-order valence-electron chi connectivity index (χ2n) is 7.19. The van der Waals surface area contributed by atoms with Gasteiger partial charge in [-0.05, 0) is 50.4 Å². The molecule has 2 N–H and O–H groups in total. The molecule has 1 aromatic rings. The highest BCUT2D eigenvalue weighted by molar-refractivity contribution is 7.89. The summed E-state index contributed by atoms with van der Waals surface area (Å²) in [6.07, 6.45) is -2.59. The first-order chi connectivity index (χ1) is 13.6. The zero-order valence-electron chi connectivity index (χ0n) is 15.5. The van der Waals surface area contributed by atoms with Gasteiger partial charge in [0.25, 0.3) is 0 Å². The minimum Gasteiger partial charge on any atom is -0.341 e. The van der Waals surface area contributed by atoms with Gasteiger partial charge < -0.3 is 10.2 Å². The lowest BCUT2D eigenvalue weighted by Gasteiger charge is -2.33. The van der Waals surface area contributed by atoms with E-state index >= 15 is 0 Å². The van der Waals surface area contributed by atoms with Crippen LogP contribution in [-0.2, 0) is 21.0 Å². The maximum atomic E-state index is 13.3. The van der Waals surface area contributed by atoms with Gasteiger partial charge in [0, 0.05) is 19.1 Å². The molecule has 2 saturated heterocycles. The van der Waals surface area contributed by atoms with E-state index in [1.54, 1.807) is 11.0 Å². The number of alkyl halides is 3.